The normalized spacial score (nSPS) is 24.0. The van der Waals surface area contributed by atoms with Crippen LogP contribution in [-0.4, -0.2) is 49.0 Å². The Labute approximate surface area is 152 Å². The summed E-state index contributed by atoms with van der Waals surface area (Å²) in [6.45, 7) is 5.25. The van der Waals surface area contributed by atoms with Crippen molar-refractivity contribution in [2.75, 3.05) is 19.8 Å². The first-order valence-electron chi connectivity index (χ1n) is 7.30. The number of rotatable bonds is 3. The van der Waals surface area contributed by atoms with Crippen LogP contribution in [0.3, 0.4) is 0 Å². The smallest absolute Gasteiger partial charge is 0.242 e. The molecule has 1 atom stereocenters. The molecule has 6 nitrogen and oxygen atoms in total. The van der Waals surface area contributed by atoms with Gasteiger partial charge in [0.1, 0.15) is 4.90 Å². The summed E-state index contributed by atoms with van der Waals surface area (Å²) in [6, 6.07) is 4.55. The monoisotopic (exact) mass is 391 g/mol. The van der Waals surface area contributed by atoms with Gasteiger partial charge in [-0.15, -0.1) is 0 Å². The van der Waals surface area contributed by atoms with Crippen LogP contribution < -0.4 is 4.72 Å². The van der Waals surface area contributed by atoms with Gasteiger partial charge in [0, 0.05) is 25.2 Å². The number of hydrogen-bond acceptors (Lipinski definition) is 5. The van der Waals surface area contributed by atoms with Crippen molar-refractivity contribution in [2.24, 2.45) is 4.99 Å². The topological polar surface area (TPSA) is 82.0 Å². The number of aliphatic hydroxyl groups is 1. The van der Waals surface area contributed by atoms with Crippen molar-refractivity contribution in [2.45, 2.75) is 36.9 Å². The van der Waals surface area contributed by atoms with Crippen LogP contribution >= 0.6 is 23.4 Å². The average Bonchev–Trinajstić information content (AvgIpc) is 2.73. The molecule has 1 aromatic carbocycles. The zero-order valence-corrected chi connectivity index (χ0v) is 16.7. The molecule has 1 aliphatic heterocycles. The second-order valence-electron chi connectivity index (χ2n) is 6.67. The van der Waals surface area contributed by atoms with E-state index in [1.807, 2.05) is 0 Å². The van der Waals surface area contributed by atoms with E-state index in [1.54, 1.807) is 45.8 Å². The fourth-order valence-corrected chi connectivity index (χ4v) is 5.53. The van der Waals surface area contributed by atoms with E-state index < -0.39 is 21.3 Å². The van der Waals surface area contributed by atoms with E-state index in [4.69, 9.17) is 11.6 Å². The summed E-state index contributed by atoms with van der Waals surface area (Å²) in [6.07, 6.45) is 0. The summed E-state index contributed by atoms with van der Waals surface area (Å²) in [4.78, 5) is 5.70. The van der Waals surface area contributed by atoms with Gasteiger partial charge >= 0.3 is 0 Å². The molecule has 24 heavy (non-hydrogen) atoms. The van der Waals surface area contributed by atoms with E-state index >= 15 is 0 Å². The zero-order valence-electron chi connectivity index (χ0n) is 14.3. The maximum atomic E-state index is 12.6. The van der Waals surface area contributed by atoms with E-state index in [-0.39, 0.29) is 9.92 Å². The van der Waals surface area contributed by atoms with Crippen LogP contribution in [0.2, 0.25) is 5.02 Å². The highest BCUT2D eigenvalue weighted by Gasteiger charge is 2.43. The van der Waals surface area contributed by atoms with Gasteiger partial charge in [0.25, 0.3) is 0 Å². The number of halogens is 1. The lowest BCUT2D eigenvalue weighted by atomic mass is 10.0. The first-order valence-corrected chi connectivity index (χ1v) is 10.2. The Morgan fingerprint density at radius 2 is 2.04 bits per heavy atom. The molecule has 0 aliphatic carbocycles. The van der Waals surface area contributed by atoms with Crippen molar-refractivity contribution in [3.63, 3.8) is 0 Å². The Bertz CT molecular complexity index is 775. The minimum Gasteiger partial charge on any atom is -0.366 e. The molecule has 0 amide bonds. The van der Waals surface area contributed by atoms with E-state index in [0.717, 1.165) is 0 Å². The Morgan fingerprint density at radius 1 is 1.42 bits per heavy atom. The van der Waals surface area contributed by atoms with Gasteiger partial charge in [0.05, 0.1) is 10.8 Å². The van der Waals surface area contributed by atoms with Crippen molar-refractivity contribution in [3.05, 3.63) is 28.8 Å². The SMILES string of the molecule is CN=C1SCC(O)(c2ccc(Cl)c(S(=O)(=O)NC(C)(C)C)c2)N1C. The Morgan fingerprint density at radius 3 is 2.54 bits per heavy atom. The summed E-state index contributed by atoms with van der Waals surface area (Å²) in [5.74, 6) is 0.351. The zero-order chi connectivity index (χ0) is 18.3. The van der Waals surface area contributed by atoms with Crippen molar-refractivity contribution in [3.8, 4) is 0 Å². The Hall–Kier alpha value is -0.800. The highest BCUT2D eigenvalue weighted by atomic mass is 35.5. The highest BCUT2D eigenvalue weighted by Crippen LogP contribution is 2.39. The van der Waals surface area contributed by atoms with Crippen LogP contribution in [0.25, 0.3) is 0 Å². The number of nitrogens with zero attached hydrogens (tertiary/aromatic N) is 2. The minimum atomic E-state index is -3.81. The summed E-state index contributed by atoms with van der Waals surface area (Å²) < 4.78 is 27.8. The highest BCUT2D eigenvalue weighted by molar-refractivity contribution is 8.14. The molecule has 2 rings (SSSR count). The van der Waals surface area contributed by atoms with Gasteiger partial charge in [0.15, 0.2) is 10.9 Å². The lowest BCUT2D eigenvalue weighted by Gasteiger charge is -2.31. The second-order valence-corrected chi connectivity index (χ2v) is 9.67. The summed E-state index contributed by atoms with van der Waals surface area (Å²) in [5, 5.41) is 11.8. The first-order chi connectivity index (χ1) is 10.9. The summed E-state index contributed by atoms with van der Waals surface area (Å²) >= 11 is 7.52. The summed E-state index contributed by atoms with van der Waals surface area (Å²) in [5.41, 5.74) is -1.53. The lowest BCUT2D eigenvalue weighted by Crippen LogP contribution is -2.43. The first kappa shape index (κ1) is 19.5. The molecule has 1 aromatic rings. The Kier molecular flexibility index (Phi) is 5.28. The molecule has 0 spiro atoms. The molecule has 9 heteroatoms. The van der Waals surface area contributed by atoms with E-state index in [2.05, 4.69) is 9.71 Å². The van der Waals surface area contributed by atoms with Crippen molar-refractivity contribution < 1.29 is 13.5 Å². The molecule has 0 radical (unpaired) electrons. The maximum absolute atomic E-state index is 12.6. The third-order valence-electron chi connectivity index (χ3n) is 3.56. The predicted octanol–water partition coefficient (Wildman–Crippen LogP) is 2.23. The number of thioether (sulfide) groups is 1. The predicted molar refractivity (Wildman–Crippen MR) is 99.0 cm³/mol. The van der Waals surface area contributed by atoms with E-state index in [1.165, 1.54) is 23.9 Å². The lowest BCUT2D eigenvalue weighted by molar-refractivity contribution is -0.0349. The minimum absolute atomic E-state index is 0.0506. The molecule has 2 N–H and O–H groups in total. The number of hydrogen-bond donors (Lipinski definition) is 2. The van der Waals surface area contributed by atoms with Crippen LogP contribution in [0.15, 0.2) is 28.1 Å². The van der Waals surface area contributed by atoms with Gasteiger partial charge in [-0.3, -0.25) is 4.99 Å². The molecule has 1 fully saturated rings. The fraction of sp³-hybridized carbons (Fsp3) is 0.533. The number of benzene rings is 1. The molecule has 0 saturated carbocycles. The Balaban J connectivity index is 2.51. The molecular formula is C15H22ClN3O3S2. The molecule has 0 aromatic heterocycles. The average molecular weight is 392 g/mol. The largest absolute Gasteiger partial charge is 0.366 e. The van der Waals surface area contributed by atoms with Gasteiger partial charge in [-0.1, -0.05) is 29.4 Å². The van der Waals surface area contributed by atoms with Crippen LogP contribution in [0.5, 0.6) is 0 Å². The van der Waals surface area contributed by atoms with Crippen LogP contribution in [-0.2, 0) is 15.7 Å². The molecular weight excluding hydrogens is 370 g/mol. The number of nitrogens with one attached hydrogen (secondary N) is 1. The van der Waals surface area contributed by atoms with E-state index in [9.17, 15) is 13.5 Å². The van der Waals surface area contributed by atoms with Gasteiger partial charge in [-0.05, 0) is 32.9 Å². The standard InChI is InChI=1S/C15H22ClN3O3S2/c1-14(2,3)18-24(21,22)12-8-10(6-7-11(12)16)15(20)9-23-13(17-4)19(15)5/h6-8,18,20H,9H2,1-5H3. The number of aliphatic imine (C=N–C) groups is 1. The third kappa shape index (κ3) is 3.72. The van der Waals surface area contributed by atoms with Gasteiger partial charge < -0.3 is 10.0 Å². The molecule has 0 bridgehead atoms. The van der Waals surface area contributed by atoms with Crippen LogP contribution in [0.4, 0.5) is 0 Å². The molecule has 134 valence electrons. The van der Waals surface area contributed by atoms with Crippen molar-refractivity contribution >= 4 is 38.6 Å². The maximum Gasteiger partial charge on any atom is 0.242 e. The number of amidine groups is 1. The third-order valence-corrected chi connectivity index (χ3v) is 7.06. The quantitative estimate of drug-likeness (QED) is 0.825. The summed E-state index contributed by atoms with van der Waals surface area (Å²) in [7, 11) is -0.444. The van der Waals surface area contributed by atoms with Crippen LogP contribution in [0.1, 0.15) is 26.3 Å². The molecule has 1 aliphatic rings. The fourth-order valence-electron chi connectivity index (χ4n) is 2.43. The van der Waals surface area contributed by atoms with Crippen molar-refractivity contribution in [1.82, 2.24) is 9.62 Å². The molecule has 1 heterocycles. The van der Waals surface area contributed by atoms with Crippen molar-refractivity contribution in [1.29, 1.82) is 0 Å². The van der Waals surface area contributed by atoms with Gasteiger partial charge in [0.2, 0.25) is 10.0 Å². The molecule has 1 unspecified atom stereocenters. The number of sulfonamides is 1. The van der Waals surface area contributed by atoms with Crippen LogP contribution in [0, 0.1) is 0 Å². The second kappa shape index (κ2) is 6.49. The van der Waals surface area contributed by atoms with Gasteiger partial charge in [-0.25, -0.2) is 13.1 Å². The van der Waals surface area contributed by atoms with E-state index in [0.29, 0.717) is 16.5 Å². The van der Waals surface area contributed by atoms with Gasteiger partial charge in [-0.2, -0.15) is 0 Å². The molecule has 1 saturated heterocycles.